The standard InChI is InChI=1S/C14H15NS/c1-2-4-11(5-3-1)14-9-8-13(16-14)10-15-12-6-7-12/h1-5,8-9,12,15H,6-7,10H2. The molecule has 0 unspecified atom stereocenters. The lowest BCUT2D eigenvalue weighted by Crippen LogP contribution is -2.14. The molecule has 0 saturated heterocycles. The van der Waals surface area contributed by atoms with E-state index in [1.807, 2.05) is 11.3 Å². The fourth-order valence-electron chi connectivity index (χ4n) is 1.76. The molecule has 1 aliphatic carbocycles. The van der Waals surface area contributed by atoms with Crippen LogP contribution in [0.3, 0.4) is 0 Å². The van der Waals surface area contributed by atoms with Gasteiger partial charge in [0.15, 0.2) is 0 Å². The van der Waals surface area contributed by atoms with Crippen LogP contribution in [0.5, 0.6) is 0 Å². The van der Waals surface area contributed by atoms with Crippen molar-refractivity contribution in [2.24, 2.45) is 0 Å². The summed E-state index contributed by atoms with van der Waals surface area (Å²) in [5, 5.41) is 3.55. The van der Waals surface area contributed by atoms with Crippen LogP contribution in [0.2, 0.25) is 0 Å². The highest BCUT2D eigenvalue weighted by atomic mass is 32.1. The average molecular weight is 229 g/mol. The summed E-state index contributed by atoms with van der Waals surface area (Å²) in [5.41, 5.74) is 1.32. The molecule has 0 radical (unpaired) electrons. The number of hydrogen-bond donors (Lipinski definition) is 1. The van der Waals surface area contributed by atoms with Crippen molar-refractivity contribution in [3.63, 3.8) is 0 Å². The molecule has 1 aliphatic rings. The maximum atomic E-state index is 3.55. The van der Waals surface area contributed by atoms with E-state index in [1.165, 1.54) is 28.2 Å². The zero-order valence-corrected chi connectivity index (χ0v) is 9.96. The first-order valence-corrected chi connectivity index (χ1v) is 6.61. The van der Waals surface area contributed by atoms with Gasteiger partial charge in [-0.05, 0) is 30.5 Å². The fraction of sp³-hybridized carbons (Fsp3) is 0.286. The highest BCUT2D eigenvalue weighted by Gasteiger charge is 2.20. The van der Waals surface area contributed by atoms with Crippen LogP contribution in [-0.4, -0.2) is 6.04 Å². The van der Waals surface area contributed by atoms with Gasteiger partial charge in [0, 0.05) is 22.3 Å². The summed E-state index contributed by atoms with van der Waals surface area (Å²) >= 11 is 1.89. The van der Waals surface area contributed by atoms with Crippen molar-refractivity contribution in [3.05, 3.63) is 47.3 Å². The van der Waals surface area contributed by atoms with E-state index in [1.54, 1.807) is 0 Å². The first kappa shape index (κ1) is 10.1. The molecule has 1 aromatic carbocycles. The molecule has 1 aromatic heterocycles. The van der Waals surface area contributed by atoms with Gasteiger partial charge < -0.3 is 5.32 Å². The van der Waals surface area contributed by atoms with Crippen LogP contribution in [0.15, 0.2) is 42.5 Å². The summed E-state index contributed by atoms with van der Waals surface area (Å²) in [4.78, 5) is 2.80. The van der Waals surface area contributed by atoms with Gasteiger partial charge in [-0.25, -0.2) is 0 Å². The molecule has 2 aromatic rings. The number of benzene rings is 1. The zero-order chi connectivity index (χ0) is 10.8. The fourth-order valence-corrected chi connectivity index (χ4v) is 2.73. The van der Waals surface area contributed by atoms with Gasteiger partial charge in [-0.15, -0.1) is 11.3 Å². The minimum Gasteiger partial charge on any atom is -0.309 e. The summed E-state index contributed by atoms with van der Waals surface area (Å²) in [6.45, 7) is 1.03. The van der Waals surface area contributed by atoms with Gasteiger partial charge in [0.2, 0.25) is 0 Å². The van der Waals surface area contributed by atoms with Crippen LogP contribution < -0.4 is 5.32 Å². The molecule has 1 heterocycles. The van der Waals surface area contributed by atoms with Crippen molar-refractivity contribution in [1.82, 2.24) is 5.32 Å². The minimum atomic E-state index is 0.794. The second-order valence-electron chi connectivity index (χ2n) is 4.29. The van der Waals surface area contributed by atoms with Crippen LogP contribution in [0, 0.1) is 0 Å². The summed E-state index contributed by atoms with van der Waals surface area (Å²) in [6.07, 6.45) is 2.72. The Labute approximate surface area is 100 Å². The van der Waals surface area contributed by atoms with E-state index in [2.05, 4.69) is 47.8 Å². The predicted molar refractivity (Wildman–Crippen MR) is 69.6 cm³/mol. The van der Waals surface area contributed by atoms with Crippen molar-refractivity contribution >= 4 is 11.3 Å². The lowest BCUT2D eigenvalue weighted by Gasteiger charge is -1.98. The third-order valence-electron chi connectivity index (χ3n) is 2.86. The molecule has 3 rings (SSSR count). The van der Waals surface area contributed by atoms with Gasteiger partial charge in [0.05, 0.1) is 0 Å². The topological polar surface area (TPSA) is 12.0 Å². The average Bonchev–Trinajstić information content (AvgIpc) is 3.05. The van der Waals surface area contributed by atoms with Crippen molar-refractivity contribution in [2.45, 2.75) is 25.4 Å². The quantitative estimate of drug-likeness (QED) is 0.843. The molecule has 1 N–H and O–H groups in total. The highest BCUT2D eigenvalue weighted by molar-refractivity contribution is 7.15. The summed E-state index contributed by atoms with van der Waals surface area (Å²) in [7, 11) is 0. The zero-order valence-electron chi connectivity index (χ0n) is 9.15. The normalized spacial score (nSPS) is 15.2. The smallest absolute Gasteiger partial charge is 0.0346 e. The first-order valence-electron chi connectivity index (χ1n) is 5.79. The van der Waals surface area contributed by atoms with Gasteiger partial charge in [-0.2, -0.15) is 0 Å². The molecule has 0 aliphatic heterocycles. The summed E-state index contributed by atoms with van der Waals surface area (Å²) in [6, 6.07) is 15.9. The lowest BCUT2D eigenvalue weighted by atomic mass is 10.2. The molecular formula is C14H15NS. The Morgan fingerprint density at radius 1 is 1.06 bits per heavy atom. The third kappa shape index (κ3) is 2.34. The maximum Gasteiger partial charge on any atom is 0.0346 e. The van der Waals surface area contributed by atoms with E-state index in [9.17, 15) is 0 Å². The second kappa shape index (κ2) is 4.40. The monoisotopic (exact) mass is 229 g/mol. The van der Waals surface area contributed by atoms with Crippen LogP contribution in [0.4, 0.5) is 0 Å². The number of hydrogen-bond acceptors (Lipinski definition) is 2. The van der Waals surface area contributed by atoms with E-state index in [4.69, 9.17) is 0 Å². The minimum absolute atomic E-state index is 0.794. The van der Waals surface area contributed by atoms with E-state index >= 15 is 0 Å². The van der Waals surface area contributed by atoms with E-state index < -0.39 is 0 Å². The molecule has 0 spiro atoms. The largest absolute Gasteiger partial charge is 0.309 e. The predicted octanol–water partition coefficient (Wildman–Crippen LogP) is 3.67. The summed E-state index contributed by atoms with van der Waals surface area (Å²) in [5.74, 6) is 0. The maximum absolute atomic E-state index is 3.55. The van der Waals surface area contributed by atoms with Crippen molar-refractivity contribution in [2.75, 3.05) is 0 Å². The summed E-state index contributed by atoms with van der Waals surface area (Å²) < 4.78 is 0. The molecule has 16 heavy (non-hydrogen) atoms. The second-order valence-corrected chi connectivity index (χ2v) is 5.46. The Hall–Kier alpha value is -1.12. The Morgan fingerprint density at radius 3 is 2.62 bits per heavy atom. The lowest BCUT2D eigenvalue weighted by molar-refractivity contribution is 0.695. The molecule has 82 valence electrons. The van der Waals surface area contributed by atoms with Crippen LogP contribution in [0.1, 0.15) is 17.7 Å². The van der Waals surface area contributed by atoms with Crippen LogP contribution in [-0.2, 0) is 6.54 Å². The van der Waals surface area contributed by atoms with E-state index in [0.717, 1.165) is 12.6 Å². The van der Waals surface area contributed by atoms with E-state index in [-0.39, 0.29) is 0 Å². The molecule has 1 saturated carbocycles. The van der Waals surface area contributed by atoms with Gasteiger partial charge in [0.25, 0.3) is 0 Å². The molecule has 2 heteroatoms. The third-order valence-corrected chi connectivity index (χ3v) is 4.00. The van der Waals surface area contributed by atoms with Gasteiger partial charge in [-0.3, -0.25) is 0 Å². The molecule has 0 bridgehead atoms. The van der Waals surface area contributed by atoms with Crippen molar-refractivity contribution in [3.8, 4) is 10.4 Å². The number of rotatable bonds is 4. The van der Waals surface area contributed by atoms with Gasteiger partial charge >= 0.3 is 0 Å². The number of thiophene rings is 1. The first-order chi connectivity index (χ1) is 7.92. The highest BCUT2D eigenvalue weighted by Crippen LogP contribution is 2.28. The molecule has 0 atom stereocenters. The molecule has 1 fully saturated rings. The Kier molecular flexibility index (Phi) is 2.77. The van der Waals surface area contributed by atoms with Gasteiger partial charge in [-0.1, -0.05) is 30.3 Å². The Balaban J connectivity index is 1.71. The molecule has 1 nitrogen and oxygen atoms in total. The van der Waals surface area contributed by atoms with Crippen LogP contribution in [0.25, 0.3) is 10.4 Å². The SMILES string of the molecule is c1ccc(-c2ccc(CNC3CC3)s2)cc1. The van der Waals surface area contributed by atoms with Crippen LogP contribution >= 0.6 is 11.3 Å². The van der Waals surface area contributed by atoms with Crippen molar-refractivity contribution in [1.29, 1.82) is 0 Å². The Bertz CT molecular complexity index is 457. The van der Waals surface area contributed by atoms with Crippen molar-refractivity contribution < 1.29 is 0 Å². The molecular weight excluding hydrogens is 214 g/mol. The Morgan fingerprint density at radius 2 is 1.88 bits per heavy atom. The molecule has 0 amide bonds. The van der Waals surface area contributed by atoms with E-state index in [0.29, 0.717) is 0 Å². The van der Waals surface area contributed by atoms with Gasteiger partial charge in [0.1, 0.15) is 0 Å². The number of nitrogens with one attached hydrogen (secondary N) is 1.